The Hall–Kier alpha value is -3.57. The van der Waals surface area contributed by atoms with Gasteiger partial charge in [0.1, 0.15) is 11.6 Å². The lowest BCUT2D eigenvalue weighted by Gasteiger charge is -2.28. The quantitative estimate of drug-likeness (QED) is 0.437. The topological polar surface area (TPSA) is 94.0 Å². The summed E-state index contributed by atoms with van der Waals surface area (Å²) in [5.41, 5.74) is 12.1. The van der Waals surface area contributed by atoms with Gasteiger partial charge < -0.3 is 16.4 Å². The van der Waals surface area contributed by atoms with Crippen molar-refractivity contribution in [3.63, 3.8) is 0 Å². The molecule has 1 unspecified atom stereocenters. The van der Waals surface area contributed by atoms with Crippen LogP contribution in [0.25, 0.3) is 0 Å². The third kappa shape index (κ3) is 4.12. The zero-order chi connectivity index (χ0) is 24.1. The van der Waals surface area contributed by atoms with E-state index in [1.54, 1.807) is 0 Å². The zero-order valence-corrected chi connectivity index (χ0v) is 17.2. The summed E-state index contributed by atoms with van der Waals surface area (Å²) >= 11 is 0. The van der Waals surface area contributed by atoms with Gasteiger partial charge in [-0.05, 0) is 24.6 Å². The Morgan fingerprint density at radius 2 is 1.64 bits per heavy atom. The molecule has 1 aliphatic heterocycles. The van der Waals surface area contributed by atoms with E-state index in [9.17, 15) is 26.3 Å². The van der Waals surface area contributed by atoms with Crippen LogP contribution in [-0.2, 0) is 12.6 Å². The Morgan fingerprint density at radius 3 is 2.27 bits per heavy atom. The molecule has 174 valence electrons. The maximum Gasteiger partial charge on any atom is 0.416 e. The molecular weight excluding hydrogens is 450 g/mol. The molecule has 12 heteroatoms. The second-order valence-electron chi connectivity index (χ2n) is 7.67. The van der Waals surface area contributed by atoms with Gasteiger partial charge in [-0.3, -0.25) is 0 Å². The summed E-state index contributed by atoms with van der Waals surface area (Å²) < 4.78 is 80.9. The molecule has 6 nitrogen and oxygen atoms in total. The first-order chi connectivity index (χ1) is 15.5. The number of aromatic nitrogens is 3. The molecule has 1 atom stereocenters. The van der Waals surface area contributed by atoms with Crippen LogP contribution in [-0.4, -0.2) is 28.0 Å². The van der Waals surface area contributed by atoms with Crippen molar-refractivity contribution < 1.29 is 26.3 Å². The minimum absolute atomic E-state index is 0.0220. The Morgan fingerprint density at radius 1 is 0.970 bits per heavy atom. The van der Waals surface area contributed by atoms with Crippen molar-refractivity contribution in [1.82, 2.24) is 15.0 Å². The smallest absolute Gasteiger partial charge is 0.383 e. The fourth-order valence-electron chi connectivity index (χ4n) is 4.02. The van der Waals surface area contributed by atoms with Crippen LogP contribution in [0.3, 0.4) is 0 Å². The summed E-state index contributed by atoms with van der Waals surface area (Å²) in [7, 11) is 0. The zero-order valence-electron chi connectivity index (χ0n) is 17.2. The molecule has 3 heterocycles. The number of nitrogens with two attached hydrogens (primary N) is 2. The average Bonchev–Trinajstić information content (AvgIpc) is 2.94. The normalized spacial score (nSPS) is 16.5. The number of anilines is 3. The Kier molecular flexibility index (Phi) is 5.54. The van der Waals surface area contributed by atoms with Crippen LogP contribution < -0.4 is 16.4 Å². The van der Waals surface area contributed by atoms with Gasteiger partial charge in [-0.25, -0.2) is 9.37 Å². The number of fused-ring (bicyclic) bond motifs is 1. The number of alkyl halides is 3. The van der Waals surface area contributed by atoms with Crippen LogP contribution in [0.4, 0.5) is 43.9 Å². The van der Waals surface area contributed by atoms with E-state index in [0.29, 0.717) is 16.8 Å². The molecule has 0 amide bonds. The lowest BCUT2D eigenvalue weighted by molar-refractivity contribution is -0.137. The molecule has 0 spiro atoms. The van der Waals surface area contributed by atoms with E-state index in [1.807, 2.05) is 0 Å². The molecule has 4 N–H and O–H groups in total. The van der Waals surface area contributed by atoms with Gasteiger partial charge in [-0.1, -0.05) is 12.1 Å². The van der Waals surface area contributed by atoms with Crippen molar-refractivity contribution in [3.8, 4) is 0 Å². The van der Waals surface area contributed by atoms with Crippen LogP contribution in [0, 0.1) is 24.5 Å². The minimum atomic E-state index is -4.52. The SMILES string of the molecule is Cc1c(N2CCc3nc(N)nc(N)c3C(c3ccc(C(F)(F)F)cc3)C2)nc(F)c(F)c1F. The van der Waals surface area contributed by atoms with Gasteiger partial charge in [0.25, 0.3) is 5.95 Å². The number of hydrogen-bond acceptors (Lipinski definition) is 6. The van der Waals surface area contributed by atoms with Crippen molar-refractivity contribution >= 4 is 17.6 Å². The molecule has 0 saturated heterocycles. The standard InChI is InChI=1S/C21H18F6N6/c1-9-15(22)16(23)17(24)31-19(9)33-7-6-13-14(18(28)32-20(29)30-13)12(8-33)10-2-4-11(5-3-10)21(25,26)27/h2-5,12H,6-8H2,1H3,(H4,28,29,30,32). The molecule has 0 fully saturated rings. The maximum absolute atomic E-state index is 14.2. The summed E-state index contributed by atoms with van der Waals surface area (Å²) in [6.07, 6.45) is -4.29. The van der Waals surface area contributed by atoms with Gasteiger partial charge in [0.2, 0.25) is 11.8 Å². The lowest BCUT2D eigenvalue weighted by atomic mass is 9.89. The number of rotatable bonds is 2. The predicted octanol–water partition coefficient (Wildman–Crippen LogP) is 3.98. The first kappa shape index (κ1) is 22.6. The van der Waals surface area contributed by atoms with Crippen molar-refractivity contribution in [2.75, 3.05) is 29.5 Å². The molecular formula is C21H18F6N6. The van der Waals surface area contributed by atoms with E-state index < -0.39 is 35.2 Å². The lowest BCUT2D eigenvalue weighted by Crippen LogP contribution is -2.31. The molecule has 1 aliphatic rings. The number of halogens is 6. The highest BCUT2D eigenvalue weighted by Gasteiger charge is 2.33. The van der Waals surface area contributed by atoms with Crippen molar-refractivity contribution in [2.24, 2.45) is 0 Å². The summed E-state index contributed by atoms with van der Waals surface area (Å²) in [5, 5.41) is 0. The monoisotopic (exact) mass is 468 g/mol. The van der Waals surface area contributed by atoms with Crippen LogP contribution in [0.2, 0.25) is 0 Å². The van der Waals surface area contributed by atoms with Crippen molar-refractivity contribution in [3.05, 3.63) is 69.8 Å². The molecule has 0 aliphatic carbocycles. The number of pyridine rings is 1. The van der Waals surface area contributed by atoms with Crippen LogP contribution in [0.1, 0.15) is 33.9 Å². The third-order valence-electron chi connectivity index (χ3n) is 5.62. The summed E-state index contributed by atoms with van der Waals surface area (Å²) in [5.74, 6) is -5.49. The van der Waals surface area contributed by atoms with E-state index in [-0.39, 0.29) is 42.7 Å². The second kappa shape index (κ2) is 8.09. The van der Waals surface area contributed by atoms with Gasteiger partial charge in [-0.2, -0.15) is 31.9 Å². The number of nitrogens with zero attached hydrogens (tertiary/aromatic N) is 4. The maximum atomic E-state index is 14.2. The molecule has 1 aromatic carbocycles. The fourth-order valence-corrected chi connectivity index (χ4v) is 4.02. The highest BCUT2D eigenvalue weighted by molar-refractivity contribution is 5.56. The molecule has 4 rings (SSSR count). The highest BCUT2D eigenvalue weighted by atomic mass is 19.4. The second-order valence-corrected chi connectivity index (χ2v) is 7.67. The Bertz CT molecular complexity index is 1210. The van der Waals surface area contributed by atoms with Gasteiger partial charge in [0.05, 0.1) is 11.3 Å². The van der Waals surface area contributed by atoms with Gasteiger partial charge in [-0.15, -0.1) is 0 Å². The van der Waals surface area contributed by atoms with Gasteiger partial charge in [0.15, 0.2) is 5.82 Å². The first-order valence-electron chi connectivity index (χ1n) is 9.82. The summed E-state index contributed by atoms with van der Waals surface area (Å²) in [6, 6.07) is 4.45. The first-order valence-corrected chi connectivity index (χ1v) is 9.82. The van der Waals surface area contributed by atoms with Gasteiger partial charge in [0, 0.05) is 36.6 Å². The van der Waals surface area contributed by atoms with E-state index in [2.05, 4.69) is 15.0 Å². The molecule has 2 aromatic heterocycles. The van der Waals surface area contributed by atoms with Crippen LogP contribution in [0.5, 0.6) is 0 Å². The highest BCUT2D eigenvalue weighted by Crippen LogP contribution is 2.38. The minimum Gasteiger partial charge on any atom is -0.383 e. The Labute approximate surface area is 184 Å². The van der Waals surface area contributed by atoms with E-state index >= 15 is 0 Å². The number of hydrogen-bond donors (Lipinski definition) is 2. The fraction of sp³-hybridized carbons (Fsp3) is 0.286. The van der Waals surface area contributed by atoms with Gasteiger partial charge >= 0.3 is 6.18 Å². The summed E-state index contributed by atoms with van der Waals surface area (Å²) in [6.45, 7) is 1.45. The molecule has 33 heavy (non-hydrogen) atoms. The predicted molar refractivity (Wildman–Crippen MR) is 109 cm³/mol. The summed E-state index contributed by atoms with van der Waals surface area (Å²) in [4.78, 5) is 13.3. The van der Waals surface area contributed by atoms with Crippen LogP contribution >= 0.6 is 0 Å². The average molecular weight is 468 g/mol. The molecule has 0 radical (unpaired) electrons. The molecule has 3 aromatic rings. The molecule has 0 saturated carbocycles. The third-order valence-corrected chi connectivity index (χ3v) is 5.62. The van der Waals surface area contributed by atoms with Crippen molar-refractivity contribution in [2.45, 2.75) is 25.4 Å². The largest absolute Gasteiger partial charge is 0.416 e. The number of nitrogen functional groups attached to an aromatic ring is 2. The number of benzene rings is 1. The Balaban J connectivity index is 1.84. The van der Waals surface area contributed by atoms with E-state index in [1.165, 1.54) is 24.0 Å². The van der Waals surface area contributed by atoms with E-state index in [4.69, 9.17) is 11.5 Å². The van der Waals surface area contributed by atoms with E-state index in [0.717, 1.165) is 12.1 Å². The molecule has 0 bridgehead atoms. The van der Waals surface area contributed by atoms with Crippen LogP contribution in [0.15, 0.2) is 24.3 Å². The van der Waals surface area contributed by atoms with Crippen molar-refractivity contribution in [1.29, 1.82) is 0 Å².